The maximum atomic E-state index is 14.5. The average Bonchev–Trinajstić information content (AvgIpc) is 4.11. The molecular weight excluding hydrogens is 865 g/mol. The summed E-state index contributed by atoms with van der Waals surface area (Å²) in [6, 6.07) is 3.55. The van der Waals surface area contributed by atoms with E-state index in [0.29, 0.717) is 54.9 Å². The molecule has 4 fully saturated rings. The van der Waals surface area contributed by atoms with Crippen molar-refractivity contribution >= 4 is 45.2 Å². The van der Waals surface area contributed by atoms with Gasteiger partial charge in [-0.2, -0.15) is 8.78 Å². The third-order valence-corrected chi connectivity index (χ3v) is 14.2. The van der Waals surface area contributed by atoms with Crippen LogP contribution in [0.1, 0.15) is 117 Å². The standard InChI is InChI=1S/C19H24F2N2O2.C13H23N3O3.C9H13F2NO3S.C2H2.CH4O/c1-25-14-9-10-15-16(12-14)23-18(24)17(22-15)19(20,21)11-5-4-8-13-6-2-3-7-13;1-8-5-6-16(9(8)11(14)18)12(19)10(15-7-17)13(2,3)4;1-9(2-3-9)16(14,15)12-8(13)6-4-5(6)7(10)11;2*1-2/h9-10,12-13H,2-8,11H2,1H3,(H,23,24);7-10H,5-6H2,1-4H3,(H2,14,18)(H,15,17);5-7H,2-4H2,1H3,(H,12,13);1-2H;2H,1H3/t;8-,9+,10-;5?,6-;;/m.10../s1. The molecule has 1 aliphatic heterocycles. The average molecular weight is 931 g/mol. The number of aliphatic hydroxyl groups is 1. The van der Waals surface area contributed by atoms with Gasteiger partial charge in [-0.25, -0.2) is 22.2 Å². The molecule has 3 saturated carbocycles. The number of hydrogen-bond donors (Lipinski definition) is 5. The minimum atomic E-state index is -3.68. The highest BCUT2D eigenvalue weighted by Gasteiger charge is 2.54. The number of amides is 4. The van der Waals surface area contributed by atoms with Gasteiger partial charge in [0.25, 0.3) is 11.5 Å². The monoisotopic (exact) mass is 930 g/mol. The Balaban J connectivity index is 0.000000325. The van der Waals surface area contributed by atoms with E-state index in [1.165, 1.54) is 37.7 Å². The van der Waals surface area contributed by atoms with Gasteiger partial charge in [0.1, 0.15) is 17.8 Å². The lowest BCUT2D eigenvalue weighted by Crippen LogP contribution is -2.56. The molecule has 360 valence electrons. The molecule has 1 saturated heterocycles. The van der Waals surface area contributed by atoms with Crippen molar-refractivity contribution in [3.8, 4) is 18.6 Å². The Morgan fingerprint density at radius 1 is 1.11 bits per heavy atom. The SMILES string of the molecule is C#C.CC1(S(=O)(=O)NC(=O)[C@H]2CC2C(F)F)CC1.CO.COc1ccc2nc(C(F)(F)CCCCC3CCCC3)c(=O)[nH]c2c1.C[C@@H]1CCN(C(=O)[C@@H](NC=O)C(C)(C)C)[C@@H]1C(N)=O. The predicted molar refractivity (Wildman–Crippen MR) is 234 cm³/mol. The molecule has 2 heterocycles. The maximum absolute atomic E-state index is 14.5. The van der Waals surface area contributed by atoms with Gasteiger partial charge in [-0.05, 0) is 68.4 Å². The van der Waals surface area contributed by atoms with Crippen molar-refractivity contribution in [2.24, 2.45) is 34.8 Å². The number of carbonyl (C=O) groups is 4. The Morgan fingerprint density at radius 2 is 1.72 bits per heavy atom. The molecule has 0 spiro atoms. The second-order valence-electron chi connectivity index (χ2n) is 17.9. The number of rotatable bonds is 15. The molecule has 1 aromatic carbocycles. The first-order valence-corrected chi connectivity index (χ1v) is 22.8. The van der Waals surface area contributed by atoms with Crippen LogP contribution in [0.2, 0.25) is 0 Å². The number of fused-ring (bicyclic) bond motifs is 1. The van der Waals surface area contributed by atoms with E-state index in [9.17, 15) is 50.0 Å². The number of hydrogen-bond acceptors (Lipinski definition) is 10. The first-order valence-electron chi connectivity index (χ1n) is 21.3. The molecule has 2 aromatic rings. The summed E-state index contributed by atoms with van der Waals surface area (Å²) in [6.07, 6.45) is 14.7. The van der Waals surface area contributed by atoms with Gasteiger partial charge in [0, 0.05) is 38.0 Å². The van der Waals surface area contributed by atoms with Crippen LogP contribution in [0, 0.1) is 41.9 Å². The largest absolute Gasteiger partial charge is 0.497 e. The fraction of sp³-hybridized carbons (Fsp3) is 0.682. The van der Waals surface area contributed by atoms with Crippen molar-refractivity contribution in [1.82, 2.24) is 24.9 Å². The topological polar surface area (TPSA) is 231 Å². The van der Waals surface area contributed by atoms with Crippen molar-refractivity contribution in [2.75, 3.05) is 20.8 Å². The number of carbonyl (C=O) groups excluding carboxylic acids is 4. The third-order valence-electron chi connectivity index (χ3n) is 12.0. The first kappa shape index (κ1) is 55.4. The lowest BCUT2D eigenvalue weighted by atomic mass is 9.85. The van der Waals surface area contributed by atoms with Crippen LogP contribution in [0.5, 0.6) is 5.75 Å². The van der Waals surface area contributed by atoms with Crippen LogP contribution in [0.15, 0.2) is 23.0 Å². The highest BCUT2D eigenvalue weighted by Crippen LogP contribution is 2.45. The summed E-state index contributed by atoms with van der Waals surface area (Å²) in [7, 11) is -1.18. The number of methoxy groups -OCH3 is 1. The van der Waals surface area contributed by atoms with Crippen LogP contribution in [0.25, 0.3) is 11.0 Å². The predicted octanol–water partition coefficient (Wildman–Crippen LogP) is 5.39. The molecule has 64 heavy (non-hydrogen) atoms. The van der Waals surface area contributed by atoms with Crippen LogP contribution in [-0.4, -0.2) is 96.5 Å². The van der Waals surface area contributed by atoms with Crippen molar-refractivity contribution in [3.63, 3.8) is 0 Å². The second kappa shape index (κ2) is 24.0. The number of aromatic amines is 1. The number of aliphatic hydroxyl groups excluding tert-OH is 1. The number of terminal acetylenes is 1. The fourth-order valence-corrected chi connectivity index (χ4v) is 9.06. The Hall–Kier alpha value is -4.77. The number of nitrogens with two attached hydrogens (primary N) is 1. The molecule has 3 aliphatic carbocycles. The van der Waals surface area contributed by atoms with Crippen molar-refractivity contribution in [2.45, 2.75) is 141 Å². The maximum Gasteiger partial charge on any atom is 0.295 e. The summed E-state index contributed by atoms with van der Waals surface area (Å²) in [5, 5.41) is 9.55. The zero-order valence-electron chi connectivity index (χ0n) is 37.8. The Labute approximate surface area is 373 Å². The highest BCUT2D eigenvalue weighted by atomic mass is 32.2. The number of nitrogens with one attached hydrogen (secondary N) is 3. The Morgan fingerprint density at radius 3 is 2.22 bits per heavy atom. The van der Waals surface area contributed by atoms with Gasteiger partial charge >= 0.3 is 0 Å². The molecule has 4 aliphatic rings. The van der Waals surface area contributed by atoms with Crippen LogP contribution < -0.4 is 26.1 Å². The molecule has 6 N–H and O–H groups in total. The van der Waals surface area contributed by atoms with E-state index in [4.69, 9.17) is 15.6 Å². The summed E-state index contributed by atoms with van der Waals surface area (Å²) < 4.78 is 82.7. The zero-order chi connectivity index (χ0) is 48.8. The van der Waals surface area contributed by atoms with Crippen molar-refractivity contribution in [1.29, 1.82) is 0 Å². The van der Waals surface area contributed by atoms with E-state index in [2.05, 4.69) is 28.1 Å². The number of nitrogens with zero attached hydrogens (tertiary/aromatic N) is 2. The van der Waals surface area contributed by atoms with Gasteiger partial charge in [0.05, 0.1) is 22.9 Å². The summed E-state index contributed by atoms with van der Waals surface area (Å²) >= 11 is 0. The molecule has 1 aromatic heterocycles. The molecule has 5 atom stereocenters. The molecule has 15 nitrogen and oxygen atoms in total. The lowest BCUT2D eigenvalue weighted by Gasteiger charge is -2.34. The second-order valence-corrected chi connectivity index (χ2v) is 20.1. The number of primary amides is 1. The van der Waals surface area contributed by atoms with Gasteiger partial charge in [-0.1, -0.05) is 66.2 Å². The van der Waals surface area contributed by atoms with Crippen LogP contribution in [0.4, 0.5) is 17.6 Å². The van der Waals surface area contributed by atoms with Crippen molar-refractivity contribution < 1.29 is 55.0 Å². The highest BCUT2D eigenvalue weighted by molar-refractivity contribution is 7.91. The van der Waals surface area contributed by atoms with E-state index in [1.807, 2.05) is 32.4 Å². The number of alkyl halides is 4. The molecule has 20 heteroatoms. The van der Waals surface area contributed by atoms with E-state index in [0.717, 1.165) is 26.4 Å². The molecule has 6 rings (SSSR count). The lowest BCUT2D eigenvalue weighted by molar-refractivity contribution is -0.142. The van der Waals surface area contributed by atoms with E-state index < -0.39 is 79.5 Å². The number of H-pyrrole nitrogens is 1. The van der Waals surface area contributed by atoms with Gasteiger partial charge in [0.15, 0.2) is 5.69 Å². The number of unbranched alkanes of at least 4 members (excludes halogenated alkanes) is 1. The number of ether oxygens (including phenoxy) is 1. The minimum absolute atomic E-state index is 0.0540. The molecular formula is C44H66F4N6O9S. The number of benzene rings is 1. The summed E-state index contributed by atoms with van der Waals surface area (Å²) in [4.78, 5) is 66.1. The number of aromatic nitrogens is 2. The van der Waals surface area contributed by atoms with E-state index >= 15 is 0 Å². The number of halogens is 4. The van der Waals surface area contributed by atoms with Crippen LogP contribution in [-0.2, 0) is 35.1 Å². The van der Waals surface area contributed by atoms with Crippen LogP contribution >= 0.6 is 0 Å². The smallest absolute Gasteiger partial charge is 0.295 e. The zero-order valence-corrected chi connectivity index (χ0v) is 38.6. The first-order chi connectivity index (χ1) is 30.0. The number of sulfonamides is 1. The van der Waals surface area contributed by atoms with Gasteiger partial charge < -0.3 is 30.8 Å². The fourth-order valence-electron chi connectivity index (χ4n) is 7.76. The van der Waals surface area contributed by atoms with E-state index in [-0.39, 0.29) is 24.7 Å². The minimum Gasteiger partial charge on any atom is -0.497 e. The van der Waals surface area contributed by atoms with Crippen LogP contribution in [0.3, 0.4) is 0 Å². The normalized spacial score (nSPS) is 21.5. The Kier molecular flexibility index (Phi) is 20.7. The molecule has 4 amide bonds. The Bertz CT molecular complexity index is 2070. The molecule has 1 unspecified atom stereocenters. The van der Waals surface area contributed by atoms with Gasteiger partial charge in [-0.3, -0.25) is 28.7 Å². The van der Waals surface area contributed by atoms with Gasteiger partial charge in [-0.15, -0.1) is 12.8 Å². The molecule has 0 radical (unpaired) electrons. The summed E-state index contributed by atoms with van der Waals surface area (Å²) in [5.41, 5.74) is 4.16. The third kappa shape index (κ3) is 14.9. The van der Waals surface area contributed by atoms with Crippen molar-refractivity contribution in [3.05, 3.63) is 34.2 Å². The van der Waals surface area contributed by atoms with Gasteiger partial charge in [0.2, 0.25) is 40.6 Å². The number of likely N-dealkylation sites (tertiary alicyclic amines) is 1. The summed E-state index contributed by atoms with van der Waals surface area (Å²) in [6.45, 7) is 9.54. The molecule has 0 bridgehead atoms. The summed E-state index contributed by atoms with van der Waals surface area (Å²) in [5.74, 6) is -5.24. The quantitative estimate of drug-likeness (QED) is 0.0662. The van der Waals surface area contributed by atoms with E-state index in [1.54, 1.807) is 25.1 Å².